The first-order valence-corrected chi connectivity index (χ1v) is 23.9. The summed E-state index contributed by atoms with van der Waals surface area (Å²) >= 11 is 5.34. The van der Waals surface area contributed by atoms with E-state index < -0.39 is 24.9 Å². The van der Waals surface area contributed by atoms with Gasteiger partial charge >= 0.3 is 0 Å². The number of sulfone groups is 2. The van der Waals surface area contributed by atoms with E-state index in [0.717, 1.165) is 45.7 Å². The Hall–Kier alpha value is -4.16. The molecule has 0 spiro atoms. The van der Waals surface area contributed by atoms with Crippen LogP contribution >= 0.6 is 27.7 Å². The zero-order valence-corrected chi connectivity index (χ0v) is 37.3. The van der Waals surface area contributed by atoms with E-state index in [0.29, 0.717) is 25.9 Å². The highest BCUT2D eigenvalue weighted by atomic mass is 79.9. The number of nitrogens with zero attached hydrogens (tertiary/aromatic N) is 3. The molecule has 57 heavy (non-hydrogen) atoms. The molecule has 7 aromatic rings. The van der Waals surface area contributed by atoms with Crippen LogP contribution in [0.25, 0.3) is 32.7 Å². The van der Waals surface area contributed by atoms with Crippen LogP contribution < -0.4 is 0 Å². The van der Waals surface area contributed by atoms with Crippen LogP contribution in [0, 0.1) is 0 Å². The fourth-order valence-electron chi connectivity index (χ4n) is 6.34. The van der Waals surface area contributed by atoms with Gasteiger partial charge in [0, 0.05) is 49.4 Å². The van der Waals surface area contributed by atoms with E-state index in [1.165, 1.54) is 22.3 Å². The summed E-state index contributed by atoms with van der Waals surface area (Å²) in [7, 11) is -6.36. The van der Waals surface area contributed by atoms with Crippen LogP contribution in [0.1, 0.15) is 65.5 Å². The summed E-state index contributed by atoms with van der Waals surface area (Å²) in [4.78, 5) is 15.0. The van der Waals surface area contributed by atoms with Crippen molar-refractivity contribution in [2.45, 2.75) is 97.7 Å². The second kappa shape index (κ2) is 20.0. The summed E-state index contributed by atoms with van der Waals surface area (Å²) in [6.45, 7) is 11.3. The van der Waals surface area contributed by atoms with E-state index in [4.69, 9.17) is 0 Å². The lowest BCUT2D eigenvalue weighted by molar-refractivity contribution is 0.582. The number of aromatic nitrogens is 3. The molecule has 3 aromatic heterocycles. The predicted octanol–water partition coefficient (Wildman–Crippen LogP) is 11.9. The summed E-state index contributed by atoms with van der Waals surface area (Å²) < 4.78 is 49.7. The number of rotatable bonds is 6. The minimum atomic E-state index is -3.24. The topological polar surface area (TPSA) is 107 Å². The fourth-order valence-corrected chi connectivity index (χ4v) is 10.4. The van der Waals surface area contributed by atoms with E-state index in [9.17, 15) is 16.8 Å². The summed E-state index contributed by atoms with van der Waals surface area (Å²) in [5.41, 5.74) is 5.12. The van der Waals surface area contributed by atoms with Gasteiger partial charge in [0.1, 0.15) is 0 Å². The second-order valence-corrected chi connectivity index (χ2v) is 21.8. The summed E-state index contributed by atoms with van der Waals surface area (Å²) in [5.74, 6) is 0. The summed E-state index contributed by atoms with van der Waals surface area (Å²) in [5, 5.41) is 2.97. The molecule has 0 radical (unpaired) electrons. The third-order valence-electron chi connectivity index (χ3n) is 9.37. The molecular weight excluding hydrogens is 835 g/mol. The fraction of sp³-hybridized carbons (Fsp3) is 0.283. The Morgan fingerprint density at radius 2 is 1.00 bits per heavy atom. The van der Waals surface area contributed by atoms with Crippen LogP contribution in [0.5, 0.6) is 0 Å². The van der Waals surface area contributed by atoms with Crippen molar-refractivity contribution in [1.82, 2.24) is 15.0 Å². The minimum absolute atomic E-state index is 0.332. The van der Waals surface area contributed by atoms with E-state index in [-0.39, 0.29) is 5.25 Å². The smallest absolute Gasteiger partial charge is 0.181 e. The lowest BCUT2D eigenvalue weighted by Gasteiger charge is -2.20. The first-order chi connectivity index (χ1) is 27.2. The van der Waals surface area contributed by atoms with Crippen molar-refractivity contribution in [1.29, 1.82) is 0 Å². The van der Waals surface area contributed by atoms with Crippen LogP contribution in [-0.4, -0.2) is 47.5 Å². The van der Waals surface area contributed by atoms with E-state index in [1.54, 1.807) is 70.4 Å². The van der Waals surface area contributed by atoms with Crippen LogP contribution in [-0.2, 0) is 32.5 Å². The molecule has 8 rings (SSSR count). The monoisotopic (exact) mass is 883 g/mol. The Kier molecular flexibility index (Phi) is 15.4. The van der Waals surface area contributed by atoms with Crippen molar-refractivity contribution in [2.24, 2.45) is 0 Å². The average Bonchev–Trinajstić information content (AvgIpc) is 3.21. The largest absolute Gasteiger partial charge is 0.256 e. The van der Waals surface area contributed by atoms with Crippen LogP contribution in [0.4, 0.5) is 0 Å². The molecule has 1 aliphatic carbocycles. The Labute approximate surface area is 350 Å². The number of hydrogen-bond acceptors (Lipinski definition) is 8. The first kappa shape index (κ1) is 44.0. The predicted molar refractivity (Wildman–Crippen MR) is 242 cm³/mol. The van der Waals surface area contributed by atoms with Crippen molar-refractivity contribution in [2.75, 3.05) is 0 Å². The maximum absolute atomic E-state index is 12.2. The number of halogens is 1. The Balaban J connectivity index is 0.000000146. The third-order valence-corrected chi connectivity index (χ3v) is 15.6. The molecule has 3 heterocycles. The Morgan fingerprint density at radius 3 is 1.60 bits per heavy atom. The molecule has 4 aromatic carbocycles. The standard InChI is InChI=1S/C13H18O2S.C12H13NO2S.C12H13NS.C9H6BrN/c1-10(2)16(14,15)13-9-5-7-11-6-3-4-8-12(11)13;1-9(2)16(14,15)12-7-3-6-11-10(12)5-4-8-13-11;1-9(2)14-12-7-3-6-11-10(12)5-4-8-13-11;10-8-4-1-5-9-7(8)3-2-6-11-9/h5,7,9-10H,3-4,6,8H2,1-2H3;3-9H,1-2H3;3-9H,1-2H3;1-6H. The molecule has 0 bridgehead atoms. The van der Waals surface area contributed by atoms with Crippen LogP contribution in [0.15, 0.2) is 147 Å². The van der Waals surface area contributed by atoms with Gasteiger partial charge < -0.3 is 0 Å². The lowest BCUT2D eigenvalue weighted by Crippen LogP contribution is -2.18. The maximum Gasteiger partial charge on any atom is 0.181 e. The molecule has 0 N–H and O–H groups in total. The van der Waals surface area contributed by atoms with Crippen LogP contribution in [0.2, 0.25) is 0 Å². The molecule has 0 saturated carbocycles. The molecule has 1 aliphatic rings. The molecule has 0 atom stereocenters. The molecular formula is C46H50BrN3O4S3. The van der Waals surface area contributed by atoms with Gasteiger partial charge in [0.05, 0.1) is 36.8 Å². The van der Waals surface area contributed by atoms with Crippen molar-refractivity contribution < 1.29 is 16.8 Å². The highest BCUT2D eigenvalue weighted by molar-refractivity contribution is 9.10. The Morgan fingerprint density at radius 1 is 0.526 bits per heavy atom. The molecule has 7 nitrogen and oxygen atoms in total. The van der Waals surface area contributed by atoms with Gasteiger partial charge in [0.15, 0.2) is 19.7 Å². The van der Waals surface area contributed by atoms with Crippen molar-refractivity contribution in [3.63, 3.8) is 0 Å². The summed E-state index contributed by atoms with van der Waals surface area (Å²) in [6.07, 6.45) is 9.53. The van der Waals surface area contributed by atoms with Gasteiger partial charge in [-0.15, -0.1) is 11.8 Å². The third kappa shape index (κ3) is 11.1. The minimum Gasteiger partial charge on any atom is -0.256 e. The van der Waals surface area contributed by atoms with Gasteiger partial charge in [0.2, 0.25) is 0 Å². The maximum atomic E-state index is 12.2. The summed E-state index contributed by atoms with van der Waals surface area (Å²) in [6, 6.07) is 34.8. The molecule has 0 fully saturated rings. The molecule has 0 unspecified atom stereocenters. The number of aryl methyl sites for hydroxylation is 1. The number of pyridine rings is 3. The first-order valence-electron chi connectivity index (χ1n) is 19.1. The van der Waals surface area contributed by atoms with E-state index in [2.05, 4.69) is 75.1 Å². The molecule has 0 amide bonds. The zero-order chi connectivity index (χ0) is 41.2. The van der Waals surface area contributed by atoms with E-state index >= 15 is 0 Å². The quantitative estimate of drug-likeness (QED) is 0.152. The number of thioether (sulfide) groups is 1. The van der Waals surface area contributed by atoms with Gasteiger partial charge in [-0.05, 0) is 131 Å². The SMILES string of the molecule is Brc1cccc2ncccc12.CC(C)S(=O)(=O)c1cccc2c1CCCC2.CC(C)S(=O)(=O)c1cccc2ncccc12.CC(C)Sc1cccc2ncccc12. The van der Waals surface area contributed by atoms with Crippen molar-refractivity contribution in [3.8, 4) is 0 Å². The van der Waals surface area contributed by atoms with Gasteiger partial charge in [-0.25, -0.2) is 16.8 Å². The molecule has 0 saturated heterocycles. The van der Waals surface area contributed by atoms with Gasteiger partial charge in [-0.1, -0.05) is 72.2 Å². The normalized spacial score (nSPS) is 12.7. The average molecular weight is 885 g/mol. The second-order valence-electron chi connectivity index (χ2n) is 14.4. The van der Waals surface area contributed by atoms with Crippen molar-refractivity contribution >= 4 is 80.1 Å². The van der Waals surface area contributed by atoms with Gasteiger partial charge in [0.25, 0.3) is 0 Å². The number of hydrogen-bond donors (Lipinski definition) is 0. The van der Waals surface area contributed by atoms with Gasteiger partial charge in [-0.3, -0.25) is 15.0 Å². The molecule has 0 aliphatic heterocycles. The van der Waals surface area contributed by atoms with Gasteiger partial charge in [-0.2, -0.15) is 0 Å². The molecule has 298 valence electrons. The zero-order valence-electron chi connectivity index (χ0n) is 33.3. The van der Waals surface area contributed by atoms with E-state index in [1.807, 2.05) is 66.5 Å². The Bertz CT molecular complexity index is 2650. The highest BCUT2D eigenvalue weighted by Crippen LogP contribution is 2.31. The van der Waals surface area contributed by atoms with Crippen LogP contribution in [0.3, 0.4) is 0 Å². The highest BCUT2D eigenvalue weighted by Gasteiger charge is 2.25. The van der Waals surface area contributed by atoms with Crippen molar-refractivity contribution in [3.05, 3.63) is 143 Å². The number of fused-ring (bicyclic) bond motifs is 4. The number of benzene rings is 4. The lowest BCUT2D eigenvalue weighted by atomic mass is 9.92. The molecule has 11 heteroatoms.